The molecule has 3 rings (SSSR count). The molecule has 1 aliphatic heterocycles. The number of thiocarbonyl (C=S) groups is 1. The Bertz CT molecular complexity index is 662. The van der Waals surface area contributed by atoms with Gasteiger partial charge in [-0.25, -0.2) is 9.07 Å². The fourth-order valence-electron chi connectivity index (χ4n) is 2.59. The van der Waals surface area contributed by atoms with Crippen LogP contribution in [0.4, 0.5) is 4.39 Å². The van der Waals surface area contributed by atoms with E-state index < -0.39 is 0 Å². The van der Waals surface area contributed by atoms with Gasteiger partial charge in [0.2, 0.25) is 0 Å². The predicted molar refractivity (Wildman–Crippen MR) is 84.6 cm³/mol. The number of ether oxygens (including phenoxy) is 1. The largest absolute Gasteiger partial charge is 0.372 e. The van der Waals surface area contributed by atoms with Gasteiger partial charge in [-0.1, -0.05) is 17.4 Å². The first-order valence-electron chi connectivity index (χ1n) is 7.16. The fourth-order valence-corrected chi connectivity index (χ4v) is 2.83. The second kappa shape index (κ2) is 6.10. The Morgan fingerprint density at radius 3 is 2.50 bits per heavy atom. The molecule has 0 radical (unpaired) electrons. The van der Waals surface area contributed by atoms with Gasteiger partial charge < -0.3 is 9.64 Å². The Morgan fingerprint density at radius 1 is 1.23 bits per heavy atom. The molecule has 1 fully saturated rings. The number of morpholine rings is 1. The fraction of sp³-hybridized carbons (Fsp3) is 0.400. The Hall–Kier alpha value is -1.86. The normalized spacial score (nSPS) is 21.9. The summed E-state index contributed by atoms with van der Waals surface area (Å²) in [7, 11) is 0. The van der Waals surface area contributed by atoms with Crippen molar-refractivity contribution in [2.24, 2.45) is 0 Å². The number of hydrogen-bond acceptors (Lipinski definition) is 4. The molecule has 0 N–H and O–H groups in total. The summed E-state index contributed by atoms with van der Waals surface area (Å²) in [5, 5.41) is 8.20. The summed E-state index contributed by atoms with van der Waals surface area (Å²) in [5.74, 6) is -0.282. The van der Waals surface area contributed by atoms with Gasteiger partial charge in [0, 0.05) is 13.1 Å². The van der Waals surface area contributed by atoms with Gasteiger partial charge in [0.15, 0.2) is 0 Å². The van der Waals surface area contributed by atoms with Gasteiger partial charge in [0.05, 0.1) is 24.1 Å². The van der Waals surface area contributed by atoms with Crippen LogP contribution >= 0.6 is 12.2 Å². The lowest BCUT2D eigenvalue weighted by Gasteiger charge is -2.36. The lowest BCUT2D eigenvalue weighted by molar-refractivity contribution is -0.0472. The smallest absolute Gasteiger partial charge is 0.140 e. The van der Waals surface area contributed by atoms with Crippen molar-refractivity contribution in [1.29, 1.82) is 0 Å². The quantitative estimate of drug-likeness (QED) is 0.794. The topological polar surface area (TPSA) is 43.2 Å². The highest BCUT2D eigenvalue weighted by Crippen LogP contribution is 2.15. The minimum atomic E-state index is -0.282. The third-order valence-electron chi connectivity index (χ3n) is 3.51. The maximum Gasteiger partial charge on any atom is 0.140 e. The maximum atomic E-state index is 13.0. The first-order valence-corrected chi connectivity index (χ1v) is 7.57. The highest BCUT2D eigenvalue weighted by Gasteiger charge is 2.25. The minimum absolute atomic E-state index is 0.133. The molecule has 2 heterocycles. The van der Waals surface area contributed by atoms with Gasteiger partial charge in [-0.05, 0) is 38.1 Å². The number of hydrogen-bond donors (Lipinski definition) is 0. The van der Waals surface area contributed by atoms with E-state index in [0.29, 0.717) is 10.7 Å². The molecule has 2 aromatic rings. The van der Waals surface area contributed by atoms with Crippen molar-refractivity contribution in [3.05, 3.63) is 42.0 Å². The van der Waals surface area contributed by atoms with Gasteiger partial charge in [-0.3, -0.25) is 0 Å². The number of rotatable bonds is 2. The van der Waals surface area contributed by atoms with Crippen LogP contribution in [0.1, 0.15) is 19.5 Å². The first kappa shape index (κ1) is 15.1. The molecular formula is C15H17FN4OS. The van der Waals surface area contributed by atoms with E-state index in [0.717, 1.165) is 18.8 Å². The number of aromatic nitrogens is 3. The molecule has 0 bridgehead atoms. The summed E-state index contributed by atoms with van der Waals surface area (Å²) >= 11 is 5.52. The van der Waals surface area contributed by atoms with Crippen molar-refractivity contribution >= 4 is 17.2 Å². The van der Waals surface area contributed by atoms with Crippen LogP contribution in [-0.2, 0) is 4.74 Å². The summed E-state index contributed by atoms with van der Waals surface area (Å²) < 4.78 is 20.3. The molecule has 7 heteroatoms. The first-order chi connectivity index (χ1) is 10.5. The van der Waals surface area contributed by atoms with Gasteiger partial charge >= 0.3 is 0 Å². The van der Waals surface area contributed by atoms with Crippen LogP contribution in [0.2, 0.25) is 0 Å². The third kappa shape index (κ3) is 3.15. The van der Waals surface area contributed by atoms with E-state index in [1.165, 1.54) is 12.1 Å². The summed E-state index contributed by atoms with van der Waals surface area (Å²) in [6, 6.07) is 6.08. The molecule has 0 unspecified atom stereocenters. The summed E-state index contributed by atoms with van der Waals surface area (Å²) in [6.45, 7) is 5.54. The molecule has 0 saturated carbocycles. The van der Waals surface area contributed by atoms with E-state index in [-0.39, 0.29) is 18.0 Å². The second-order valence-electron chi connectivity index (χ2n) is 5.49. The summed E-state index contributed by atoms with van der Waals surface area (Å²) in [6.07, 6.45) is 2.03. The molecule has 0 aliphatic carbocycles. The van der Waals surface area contributed by atoms with Crippen LogP contribution in [0.15, 0.2) is 30.5 Å². The average molecular weight is 320 g/mol. The molecule has 0 spiro atoms. The van der Waals surface area contributed by atoms with E-state index in [1.807, 2.05) is 13.8 Å². The molecule has 1 aliphatic rings. The zero-order valence-electron chi connectivity index (χ0n) is 12.4. The van der Waals surface area contributed by atoms with Crippen molar-refractivity contribution in [2.75, 3.05) is 13.1 Å². The predicted octanol–water partition coefficient (Wildman–Crippen LogP) is 2.19. The van der Waals surface area contributed by atoms with Crippen LogP contribution in [0.3, 0.4) is 0 Å². The highest BCUT2D eigenvalue weighted by molar-refractivity contribution is 7.80. The Labute approximate surface area is 133 Å². The van der Waals surface area contributed by atoms with Crippen LogP contribution in [-0.4, -0.2) is 50.2 Å². The van der Waals surface area contributed by atoms with Crippen molar-refractivity contribution in [3.63, 3.8) is 0 Å². The van der Waals surface area contributed by atoms with Gasteiger partial charge in [-0.15, -0.1) is 5.10 Å². The molecule has 0 amide bonds. The molecule has 1 saturated heterocycles. The van der Waals surface area contributed by atoms with Crippen molar-refractivity contribution in [3.8, 4) is 5.69 Å². The lowest BCUT2D eigenvalue weighted by Crippen LogP contribution is -2.47. The van der Waals surface area contributed by atoms with E-state index in [9.17, 15) is 4.39 Å². The molecule has 1 aromatic heterocycles. The van der Waals surface area contributed by atoms with Crippen molar-refractivity contribution in [2.45, 2.75) is 26.1 Å². The third-order valence-corrected chi connectivity index (χ3v) is 3.98. The number of nitrogens with zero attached hydrogens (tertiary/aromatic N) is 4. The number of halogens is 1. The van der Waals surface area contributed by atoms with Crippen LogP contribution in [0.5, 0.6) is 0 Å². The van der Waals surface area contributed by atoms with Crippen LogP contribution in [0, 0.1) is 5.82 Å². The van der Waals surface area contributed by atoms with E-state index in [4.69, 9.17) is 17.0 Å². The Kier molecular flexibility index (Phi) is 4.17. The minimum Gasteiger partial charge on any atom is -0.372 e. The van der Waals surface area contributed by atoms with E-state index >= 15 is 0 Å². The highest BCUT2D eigenvalue weighted by atomic mass is 32.1. The lowest BCUT2D eigenvalue weighted by atomic mass is 10.2. The monoisotopic (exact) mass is 320 g/mol. The maximum absolute atomic E-state index is 13.0. The van der Waals surface area contributed by atoms with E-state index in [1.54, 1.807) is 23.0 Å². The molecule has 116 valence electrons. The van der Waals surface area contributed by atoms with Crippen LogP contribution in [0.25, 0.3) is 5.69 Å². The molecule has 2 atom stereocenters. The van der Waals surface area contributed by atoms with Crippen LogP contribution < -0.4 is 0 Å². The zero-order valence-corrected chi connectivity index (χ0v) is 13.3. The number of benzene rings is 1. The molecule has 1 aromatic carbocycles. The van der Waals surface area contributed by atoms with Crippen molar-refractivity contribution in [1.82, 2.24) is 19.9 Å². The molecule has 5 nitrogen and oxygen atoms in total. The van der Waals surface area contributed by atoms with Gasteiger partial charge in [0.25, 0.3) is 0 Å². The van der Waals surface area contributed by atoms with Gasteiger partial charge in [0.1, 0.15) is 16.5 Å². The summed E-state index contributed by atoms with van der Waals surface area (Å²) in [5.41, 5.74) is 1.38. The molecule has 22 heavy (non-hydrogen) atoms. The Morgan fingerprint density at radius 2 is 1.86 bits per heavy atom. The van der Waals surface area contributed by atoms with Crippen molar-refractivity contribution < 1.29 is 9.13 Å². The molecular weight excluding hydrogens is 303 g/mol. The standard InChI is InChI=1S/C15H17FN4OS/c1-10-7-19(8-11(2)21-10)15(22)14-9-20(18-17-14)13-5-3-12(16)4-6-13/h3-6,9-11H,7-8H2,1-2H3/t10-,11+. The second-order valence-corrected chi connectivity index (χ2v) is 5.88. The summed E-state index contributed by atoms with van der Waals surface area (Å²) in [4.78, 5) is 2.75. The zero-order chi connectivity index (χ0) is 15.7. The SMILES string of the molecule is C[C@@H]1CN(C(=S)c2cn(-c3ccc(F)cc3)nn2)C[C@H](C)O1. The van der Waals surface area contributed by atoms with E-state index in [2.05, 4.69) is 15.2 Å². The average Bonchev–Trinajstić information content (AvgIpc) is 2.96. The Balaban J connectivity index is 1.78. The van der Waals surface area contributed by atoms with Gasteiger partial charge in [-0.2, -0.15) is 0 Å².